The summed E-state index contributed by atoms with van der Waals surface area (Å²) in [7, 11) is -2.21. The first-order valence-electron chi connectivity index (χ1n) is 8.90. The first-order chi connectivity index (χ1) is 14.4. The summed E-state index contributed by atoms with van der Waals surface area (Å²) in [6.45, 7) is 0.242. The van der Waals surface area contributed by atoms with Gasteiger partial charge in [0.2, 0.25) is 9.47 Å². The number of sulfonamides is 1. The third-order valence-electron chi connectivity index (χ3n) is 4.03. The van der Waals surface area contributed by atoms with Crippen LogP contribution in [0.4, 0.5) is 5.13 Å². The Morgan fingerprint density at radius 1 is 1.17 bits per heavy atom. The van der Waals surface area contributed by atoms with Gasteiger partial charge in [-0.15, -0.1) is 10.2 Å². The third-order valence-corrected chi connectivity index (χ3v) is 6.95. The number of aryl methyl sites for hydroxylation is 1. The second-order valence-corrected chi connectivity index (χ2v) is 9.54. The van der Waals surface area contributed by atoms with E-state index >= 15 is 0 Å². The fourth-order valence-electron chi connectivity index (χ4n) is 2.53. The molecule has 1 aromatic heterocycles. The number of nitrogens with one attached hydrogen (secondary N) is 2. The van der Waals surface area contributed by atoms with Crippen molar-refractivity contribution in [2.75, 3.05) is 19.0 Å². The molecule has 0 aliphatic carbocycles. The topological polar surface area (TPSA) is 110 Å². The summed E-state index contributed by atoms with van der Waals surface area (Å²) in [6.07, 6.45) is 1.30. The van der Waals surface area contributed by atoms with Crippen molar-refractivity contribution in [3.05, 3.63) is 64.7 Å². The molecule has 0 radical (unpaired) electrons. The van der Waals surface area contributed by atoms with Crippen molar-refractivity contribution in [3.63, 3.8) is 0 Å². The van der Waals surface area contributed by atoms with Crippen LogP contribution in [0.15, 0.2) is 52.9 Å². The van der Waals surface area contributed by atoms with Gasteiger partial charge in [-0.3, -0.25) is 10.1 Å². The van der Waals surface area contributed by atoms with E-state index in [2.05, 4.69) is 20.2 Å². The van der Waals surface area contributed by atoms with Gasteiger partial charge in [0.05, 0.1) is 7.11 Å². The molecule has 0 aliphatic heterocycles. The highest BCUT2D eigenvalue weighted by Gasteiger charge is 2.20. The number of nitrogens with zero attached hydrogens (tertiary/aromatic N) is 2. The number of carbonyl (C=O) groups is 1. The Morgan fingerprint density at radius 3 is 2.67 bits per heavy atom. The van der Waals surface area contributed by atoms with Crippen molar-refractivity contribution in [2.24, 2.45) is 0 Å². The normalized spacial score (nSPS) is 11.3. The van der Waals surface area contributed by atoms with E-state index in [1.165, 1.54) is 0 Å². The molecule has 3 rings (SSSR count). The molecule has 0 aliphatic rings. The SMILES string of the molecule is COc1cccc(CCCNS(=O)(=O)c2nnc(NC(=O)c3ccc(Cl)cc3)s2)c1. The van der Waals surface area contributed by atoms with Crippen molar-refractivity contribution in [3.8, 4) is 5.75 Å². The minimum atomic E-state index is -3.81. The number of anilines is 1. The van der Waals surface area contributed by atoms with Crippen LogP contribution in [0, 0.1) is 0 Å². The summed E-state index contributed by atoms with van der Waals surface area (Å²) < 4.78 is 32.3. The lowest BCUT2D eigenvalue weighted by Gasteiger charge is -2.05. The van der Waals surface area contributed by atoms with Crippen LogP contribution in [0.25, 0.3) is 0 Å². The average molecular weight is 467 g/mol. The first kappa shape index (κ1) is 22.2. The fraction of sp³-hybridized carbons (Fsp3) is 0.211. The predicted molar refractivity (Wildman–Crippen MR) is 116 cm³/mol. The molecule has 11 heteroatoms. The van der Waals surface area contributed by atoms with Crippen LogP contribution in [0.2, 0.25) is 5.02 Å². The van der Waals surface area contributed by atoms with Crippen molar-refractivity contribution in [2.45, 2.75) is 17.2 Å². The van der Waals surface area contributed by atoms with Gasteiger partial charge in [0.15, 0.2) is 0 Å². The Bertz CT molecular complexity index is 1120. The smallest absolute Gasteiger partial charge is 0.269 e. The van der Waals surface area contributed by atoms with E-state index in [9.17, 15) is 13.2 Å². The van der Waals surface area contributed by atoms with Crippen molar-refractivity contribution in [1.82, 2.24) is 14.9 Å². The minimum Gasteiger partial charge on any atom is -0.497 e. The molecule has 3 aromatic rings. The van der Waals surface area contributed by atoms with Crippen molar-refractivity contribution < 1.29 is 17.9 Å². The Hall–Kier alpha value is -2.53. The van der Waals surface area contributed by atoms with Crippen LogP contribution in [-0.4, -0.2) is 38.2 Å². The molecule has 0 unspecified atom stereocenters. The maximum atomic E-state index is 12.4. The molecule has 0 atom stereocenters. The molecule has 1 amide bonds. The number of hydrogen-bond acceptors (Lipinski definition) is 7. The molecule has 0 saturated carbocycles. The van der Waals surface area contributed by atoms with E-state index in [0.29, 0.717) is 23.4 Å². The van der Waals surface area contributed by atoms with Crippen LogP contribution >= 0.6 is 22.9 Å². The Kier molecular flexibility index (Phi) is 7.38. The van der Waals surface area contributed by atoms with E-state index in [-0.39, 0.29) is 16.0 Å². The molecule has 30 heavy (non-hydrogen) atoms. The summed E-state index contributed by atoms with van der Waals surface area (Å²) in [4.78, 5) is 12.2. The van der Waals surface area contributed by atoms with Gasteiger partial charge >= 0.3 is 0 Å². The lowest BCUT2D eigenvalue weighted by atomic mass is 10.1. The minimum absolute atomic E-state index is 0.0895. The van der Waals surface area contributed by atoms with Crippen LogP contribution in [0.1, 0.15) is 22.3 Å². The van der Waals surface area contributed by atoms with E-state index in [4.69, 9.17) is 16.3 Å². The van der Waals surface area contributed by atoms with Crippen molar-refractivity contribution >= 4 is 44.0 Å². The predicted octanol–water partition coefficient (Wildman–Crippen LogP) is 3.36. The molecule has 0 saturated heterocycles. The van der Waals surface area contributed by atoms with Crippen LogP contribution in [0.3, 0.4) is 0 Å². The highest BCUT2D eigenvalue weighted by Crippen LogP contribution is 2.21. The third kappa shape index (κ3) is 5.99. The molecule has 2 N–H and O–H groups in total. The molecular formula is C19H19ClN4O4S2. The number of aromatic nitrogens is 2. The van der Waals surface area contributed by atoms with Gasteiger partial charge < -0.3 is 4.74 Å². The molecular weight excluding hydrogens is 448 g/mol. The number of methoxy groups -OCH3 is 1. The second kappa shape index (κ2) is 9.98. The van der Waals surface area contributed by atoms with Gasteiger partial charge in [0.25, 0.3) is 15.9 Å². The zero-order valence-electron chi connectivity index (χ0n) is 16.0. The first-order valence-corrected chi connectivity index (χ1v) is 11.6. The summed E-state index contributed by atoms with van der Waals surface area (Å²) in [5, 5.41) is 10.5. The summed E-state index contributed by atoms with van der Waals surface area (Å²) in [5.74, 6) is 0.327. The average Bonchev–Trinajstić information content (AvgIpc) is 3.21. The number of rotatable bonds is 9. The summed E-state index contributed by atoms with van der Waals surface area (Å²) in [6, 6.07) is 13.9. The molecule has 1 heterocycles. The molecule has 0 bridgehead atoms. The summed E-state index contributed by atoms with van der Waals surface area (Å²) in [5.41, 5.74) is 1.42. The molecule has 0 fully saturated rings. The Balaban J connectivity index is 1.53. The van der Waals surface area contributed by atoms with Gasteiger partial charge in [0, 0.05) is 17.1 Å². The zero-order chi connectivity index (χ0) is 21.6. The van der Waals surface area contributed by atoms with E-state index in [0.717, 1.165) is 22.6 Å². The van der Waals surface area contributed by atoms with Crippen LogP contribution < -0.4 is 14.8 Å². The monoisotopic (exact) mass is 466 g/mol. The summed E-state index contributed by atoms with van der Waals surface area (Å²) >= 11 is 6.58. The van der Waals surface area contributed by atoms with Gasteiger partial charge in [-0.1, -0.05) is 35.1 Å². The zero-order valence-corrected chi connectivity index (χ0v) is 18.4. The second-order valence-electron chi connectivity index (χ2n) is 6.19. The maximum Gasteiger partial charge on any atom is 0.269 e. The molecule has 158 valence electrons. The Morgan fingerprint density at radius 2 is 1.93 bits per heavy atom. The Labute approximate surface area is 183 Å². The van der Waals surface area contributed by atoms with Crippen LogP contribution in [-0.2, 0) is 16.4 Å². The highest BCUT2D eigenvalue weighted by molar-refractivity contribution is 7.91. The van der Waals surface area contributed by atoms with E-state index in [1.807, 2.05) is 24.3 Å². The lowest BCUT2D eigenvalue weighted by molar-refractivity contribution is 0.102. The van der Waals surface area contributed by atoms with E-state index in [1.54, 1.807) is 31.4 Å². The fourth-order valence-corrected chi connectivity index (χ4v) is 4.66. The quantitative estimate of drug-likeness (QED) is 0.369. The standard InChI is InChI=1S/C19H19ClN4O4S2/c1-28-16-6-2-4-13(12-16)5-3-11-21-30(26,27)19-24-23-18(29-19)22-17(25)14-7-9-15(20)10-8-14/h2,4,6-10,12,21H,3,5,11H2,1H3,(H,22,23,25). The number of carbonyl (C=O) groups excluding carboxylic acids is 1. The van der Waals surface area contributed by atoms with E-state index < -0.39 is 15.9 Å². The van der Waals surface area contributed by atoms with Gasteiger partial charge in [-0.05, 0) is 54.8 Å². The largest absolute Gasteiger partial charge is 0.497 e. The highest BCUT2D eigenvalue weighted by atomic mass is 35.5. The number of amides is 1. The van der Waals surface area contributed by atoms with Gasteiger partial charge in [0.1, 0.15) is 5.75 Å². The van der Waals surface area contributed by atoms with Gasteiger partial charge in [-0.25, -0.2) is 13.1 Å². The van der Waals surface area contributed by atoms with Gasteiger partial charge in [-0.2, -0.15) is 0 Å². The maximum absolute atomic E-state index is 12.4. The van der Waals surface area contributed by atoms with Crippen molar-refractivity contribution in [1.29, 1.82) is 0 Å². The molecule has 0 spiro atoms. The number of benzene rings is 2. The number of halogens is 1. The number of hydrogen-bond donors (Lipinski definition) is 2. The van der Waals surface area contributed by atoms with Crippen LogP contribution in [0.5, 0.6) is 5.75 Å². The molecule has 8 nitrogen and oxygen atoms in total. The number of ether oxygens (including phenoxy) is 1. The molecule has 2 aromatic carbocycles. The lowest BCUT2D eigenvalue weighted by Crippen LogP contribution is -2.25.